The summed E-state index contributed by atoms with van der Waals surface area (Å²) in [4.78, 5) is 4.32. The Kier molecular flexibility index (Phi) is 6.26. The third kappa shape index (κ3) is 4.79. The van der Waals surface area contributed by atoms with Gasteiger partial charge in [-0.25, -0.2) is 0 Å². The second kappa shape index (κ2) is 9.62. The molecule has 0 aliphatic rings. The summed E-state index contributed by atoms with van der Waals surface area (Å²) in [6.07, 6.45) is 1.79. The van der Waals surface area contributed by atoms with E-state index in [1.54, 1.807) is 6.20 Å². The smallest absolute Gasteiger partial charge is 0.346 e. The van der Waals surface area contributed by atoms with Gasteiger partial charge in [-0.3, -0.25) is 4.98 Å². The molecule has 0 radical (unpaired) electrons. The molecule has 0 aliphatic heterocycles. The van der Waals surface area contributed by atoms with Gasteiger partial charge in [0.05, 0.1) is 18.0 Å². The average Bonchev–Trinajstić information content (AvgIpc) is 3.25. The first-order valence-corrected chi connectivity index (χ1v) is 9.71. The summed E-state index contributed by atoms with van der Waals surface area (Å²) in [6, 6.07) is 21.5. The molecule has 0 saturated heterocycles. The summed E-state index contributed by atoms with van der Waals surface area (Å²) in [6.45, 7) is 3.82. The van der Waals surface area contributed by atoms with E-state index in [2.05, 4.69) is 25.8 Å². The zero-order valence-electron chi connectivity index (χ0n) is 16.6. The summed E-state index contributed by atoms with van der Waals surface area (Å²) >= 11 is 0. The summed E-state index contributed by atoms with van der Waals surface area (Å²) in [7, 11) is 0. The first kappa shape index (κ1) is 19.5. The zero-order valence-corrected chi connectivity index (χ0v) is 16.6. The van der Waals surface area contributed by atoms with E-state index >= 15 is 0 Å². The van der Waals surface area contributed by atoms with Gasteiger partial charge < -0.3 is 14.8 Å². The molecule has 4 rings (SSSR count). The van der Waals surface area contributed by atoms with E-state index in [4.69, 9.17) is 9.47 Å². The van der Waals surface area contributed by atoms with Crippen molar-refractivity contribution in [2.75, 3.05) is 6.61 Å². The number of pyridine rings is 1. The summed E-state index contributed by atoms with van der Waals surface area (Å²) in [5.41, 5.74) is 2.88. The summed E-state index contributed by atoms with van der Waals surface area (Å²) in [5, 5.41) is 15.1. The fourth-order valence-corrected chi connectivity index (χ4v) is 2.92. The summed E-state index contributed by atoms with van der Waals surface area (Å²) in [5.74, 6) is 1.19. The monoisotopic (exact) mass is 402 g/mol. The number of nitrogens with zero attached hydrogens (tertiary/aromatic N) is 5. The van der Waals surface area contributed by atoms with Gasteiger partial charge in [0.15, 0.2) is 11.5 Å². The Hall–Kier alpha value is -3.78. The topological polar surface area (TPSA) is 87.0 Å². The van der Waals surface area contributed by atoms with E-state index in [1.807, 2.05) is 73.7 Å². The molecule has 8 heteroatoms. The van der Waals surface area contributed by atoms with Crippen LogP contribution in [0.4, 0.5) is 0 Å². The highest BCUT2D eigenvalue weighted by molar-refractivity contribution is 5.45. The van der Waals surface area contributed by atoms with Gasteiger partial charge in [-0.15, -0.1) is 0 Å². The molecule has 0 unspecified atom stereocenters. The number of rotatable bonds is 9. The average molecular weight is 402 g/mol. The number of para-hydroxylation sites is 1. The van der Waals surface area contributed by atoms with Crippen LogP contribution in [0.3, 0.4) is 0 Å². The maximum Gasteiger partial charge on any atom is 0.346 e. The molecule has 2 aromatic heterocycles. The predicted molar refractivity (Wildman–Crippen MR) is 112 cm³/mol. The number of aromatic nitrogens is 5. The molecule has 152 valence electrons. The molecule has 4 aromatic rings. The second-order valence-electron chi connectivity index (χ2n) is 6.45. The number of ether oxygens (including phenoxy) is 2. The highest BCUT2D eigenvalue weighted by Crippen LogP contribution is 2.32. The standard InChI is InChI=1S/C22H22N6O2/c1-2-29-21-14-17(15-23-16-18-8-6-7-13-24-18)11-12-20(21)30-22-25-26-27-28(22)19-9-4-3-5-10-19/h3-14,23H,2,15-16H2,1H3. The second-order valence-corrected chi connectivity index (χ2v) is 6.45. The lowest BCUT2D eigenvalue weighted by Crippen LogP contribution is -2.13. The van der Waals surface area contributed by atoms with Gasteiger partial charge in [-0.1, -0.05) is 35.4 Å². The van der Waals surface area contributed by atoms with Crippen molar-refractivity contribution in [1.29, 1.82) is 0 Å². The van der Waals surface area contributed by atoms with Crippen LogP contribution < -0.4 is 14.8 Å². The Morgan fingerprint density at radius 2 is 1.80 bits per heavy atom. The molecule has 8 nitrogen and oxygen atoms in total. The molecular weight excluding hydrogens is 380 g/mol. The molecule has 0 spiro atoms. The minimum Gasteiger partial charge on any atom is -0.490 e. The third-order valence-electron chi connectivity index (χ3n) is 4.31. The van der Waals surface area contributed by atoms with E-state index in [0.29, 0.717) is 31.2 Å². The van der Waals surface area contributed by atoms with Gasteiger partial charge in [-0.2, -0.15) is 4.68 Å². The van der Waals surface area contributed by atoms with Crippen LogP contribution in [-0.2, 0) is 13.1 Å². The van der Waals surface area contributed by atoms with E-state index in [0.717, 1.165) is 16.9 Å². The molecule has 0 amide bonds. The Morgan fingerprint density at radius 1 is 0.933 bits per heavy atom. The van der Waals surface area contributed by atoms with E-state index in [1.165, 1.54) is 4.68 Å². The normalized spacial score (nSPS) is 10.7. The van der Waals surface area contributed by atoms with Crippen LogP contribution in [0.5, 0.6) is 17.5 Å². The minimum atomic E-state index is 0.267. The maximum absolute atomic E-state index is 5.99. The van der Waals surface area contributed by atoms with Gasteiger partial charge in [-0.05, 0) is 59.3 Å². The minimum absolute atomic E-state index is 0.267. The molecule has 0 bridgehead atoms. The van der Waals surface area contributed by atoms with Crippen LogP contribution in [0.25, 0.3) is 5.69 Å². The molecular formula is C22H22N6O2. The molecule has 0 saturated carbocycles. The number of hydrogen-bond donors (Lipinski definition) is 1. The van der Waals surface area contributed by atoms with Crippen molar-refractivity contribution >= 4 is 0 Å². The predicted octanol–water partition coefficient (Wildman–Crippen LogP) is 3.54. The lowest BCUT2D eigenvalue weighted by molar-refractivity contribution is 0.315. The van der Waals surface area contributed by atoms with Crippen molar-refractivity contribution in [1.82, 2.24) is 30.5 Å². The Balaban J connectivity index is 1.48. The van der Waals surface area contributed by atoms with Crippen molar-refractivity contribution in [3.8, 4) is 23.2 Å². The number of hydrogen-bond acceptors (Lipinski definition) is 7. The van der Waals surface area contributed by atoms with Crippen LogP contribution in [0.2, 0.25) is 0 Å². The van der Waals surface area contributed by atoms with Crippen molar-refractivity contribution in [3.05, 3.63) is 84.2 Å². The molecule has 2 aromatic carbocycles. The van der Waals surface area contributed by atoms with E-state index in [-0.39, 0.29) is 6.01 Å². The SMILES string of the molecule is CCOc1cc(CNCc2ccccn2)ccc1Oc1nnnn1-c1ccccc1. The van der Waals surface area contributed by atoms with Gasteiger partial charge >= 0.3 is 6.01 Å². The van der Waals surface area contributed by atoms with Crippen molar-refractivity contribution < 1.29 is 9.47 Å². The number of benzene rings is 2. The fourth-order valence-electron chi connectivity index (χ4n) is 2.92. The fraction of sp³-hybridized carbons (Fsp3) is 0.182. The maximum atomic E-state index is 5.99. The quantitative estimate of drug-likeness (QED) is 0.458. The van der Waals surface area contributed by atoms with Crippen LogP contribution in [0.15, 0.2) is 72.9 Å². The Bertz CT molecular complexity index is 1070. The lowest BCUT2D eigenvalue weighted by atomic mass is 10.2. The zero-order chi connectivity index (χ0) is 20.6. The molecule has 0 fully saturated rings. The summed E-state index contributed by atoms with van der Waals surface area (Å²) < 4.78 is 13.3. The number of tetrazole rings is 1. The molecule has 0 aliphatic carbocycles. The van der Waals surface area contributed by atoms with Crippen molar-refractivity contribution in [2.24, 2.45) is 0 Å². The number of nitrogens with one attached hydrogen (secondary N) is 1. The Labute approximate surface area is 174 Å². The van der Waals surface area contributed by atoms with Crippen LogP contribution >= 0.6 is 0 Å². The molecule has 1 N–H and O–H groups in total. The van der Waals surface area contributed by atoms with Crippen molar-refractivity contribution in [3.63, 3.8) is 0 Å². The molecule has 2 heterocycles. The van der Waals surface area contributed by atoms with Gasteiger partial charge in [0.25, 0.3) is 0 Å². The van der Waals surface area contributed by atoms with E-state index in [9.17, 15) is 0 Å². The van der Waals surface area contributed by atoms with Gasteiger partial charge in [0.1, 0.15) is 0 Å². The largest absolute Gasteiger partial charge is 0.490 e. The third-order valence-corrected chi connectivity index (χ3v) is 4.31. The first-order chi connectivity index (χ1) is 14.8. The molecule has 0 atom stereocenters. The van der Waals surface area contributed by atoms with E-state index < -0.39 is 0 Å². The van der Waals surface area contributed by atoms with Crippen molar-refractivity contribution in [2.45, 2.75) is 20.0 Å². The Morgan fingerprint density at radius 3 is 2.60 bits per heavy atom. The van der Waals surface area contributed by atoms with Gasteiger partial charge in [0.2, 0.25) is 0 Å². The van der Waals surface area contributed by atoms with Crippen LogP contribution in [0.1, 0.15) is 18.2 Å². The van der Waals surface area contributed by atoms with Crippen LogP contribution in [-0.4, -0.2) is 31.8 Å². The lowest BCUT2D eigenvalue weighted by Gasteiger charge is -2.13. The highest BCUT2D eigenvalue weighted by Gasteiger charge is 2.14. The van der Waals surface area contributed by atoms with Crippen LogP contribution in [0, 0.1) is 0 Å². The van der Waals surface area contributed by atoms with Gasteiger partial charge in [0, 0.05) is 19.3 Å². The highest BCUT2D eigenvalue weighted by atomic mass is 16.5. The molecule has 30 heavy (non-hydrogen) atoms. The first-order valence-electron chi connectivity index (χ1n) is 9.71.